The van der Waals surface area contributed by atoms with Crippen molar-refractivity contribution in [3.05, 3.63) is 65.2 Å². The van der Waals surface area contributed by atoms with Crippen molar-refractivity contribution < 1.29 is 13.2 Å². The van der Waals surface area contributed by atoms with Gasteiger partial charge in [0.1, 0.15) is 0 Å². The van der Waals surface area contributed by atoms with Crippen molar-refractivity contribution in [3.63, 3.8) is 0 Å². The minimum absolute atomic E-state index is 0.0498. The van der Waals surface area contributed by atoms with Crippen molar-refractivity contribution in [2.75, 3.05) is 11.0 Å². The Hall–Kier alpha value is -2.67. The van der Waals surface area contributed by atoms with E-state index in [0.717, 1.165) is 28.7 Å². The predicted octanol–water partition coefficient (Wildman–Crippen LogP) is 4.09. The number of rotatable bonds is 4. The number of hydrazone groups is 1. The van der Waals surface area contributed by atoms with E-state index in [1.165, 1.54) is 0 Å². The molecule has 0 saturated carbocycles. The summed E-state index contributed by atoms with van der Waals surface area (Å²) in [5, 5.41) is 6.28. The zero-order chi connectivity index (χ0) is 21.4. The molecule has 0 saturated heterocycles. The SMILES string of the molecule is Cc1ccccc1[C@@H]1CC(c2cccc(NS(C)(=O)=O)c2)=NN1C(=O)C(C)(C)C. The fourth-order valence-electron chi connectivity index (χ4n) is 3.39. The van der Waals surface area contributed by atoms with Crippen LogP contribution in [0.5, 0.6) is 0 Å². The monoisotopic (exact) mass is 413 g/mol. The van der Waals surface area contributed by atoms with Crippen LogP contribution in [-0.2, 0) is 14.8 Å². The van der Waals surface area contributed by atoms with Crippen molar-refractivity contribution in [1.29, 1.82) is 0 Å². The summed E-state index contributed by atoms with van der Waals surface area (Å²) in [6.07, 6.45) is 1.68. The largest absolute Gasteiger partial charge is 0.284 e. The zero-order valence-electron chi connectivity index (χ0n) is 17.4. The fraction of sp³-hybridized carbons (Fsp3) is 0.364. The lowest BCUT2D eigenvalue weighted by atomic mass is 9.91. The zero-order valence-corrected chi connectivity index (χ0v) is 18.2. The second kappa shape index (κ2) is 7.63. The van der Waals surface area contributed by atoms with Gasteiger partial charge < -0.3 is 0 Å². The second-order valence-corrected chi connectivity index (χ2v) is 10.2. The Morgan fingerprint density at radius 3 is 2.45 bits per heavy atom. The Kier molecular flexibility index (Phi) is 5.54. The predicted molar refractivity (Wildman–Crippen MR) is 116 cm³/mol. The number of nitrogens with one attached hydrogen (secondary N) is 1. The van der Waals surface area contributed by atoms with Crippen molar-refractivity contribution in [2.24, 2.45) is 10.5 Å². The Morgan fingerprint density at radius 1 is 1.14 bits per heavy atom. The minimum atomic E-state index is -3.37. The first-order valence-electron chi connectivity index (χ1n) is 9.50. The molecular formula is C22H27N3O3S. The average molecular weight is 414 g/mol. The molecule has 0 spiro atoms. The van der Waals surface area contributed by atoms with Gasteiger partial charge in [-0.2, -0.15) is 5.10 Å². The molecule has 0 unspecified atom stereocenters. The molecule has 2 aromatic carbocycles. The number of nitrogens with zero attached hydrogens (tertiary/aromatic N) is 2. The highest BCUT2D eigenvalue weighted by Crippen LogP contribution is 2.37. The third kappa shape index (κ3) is 4.85. The van der Waals surface area contributed by atoms with E-state index >= 15 is 0 Å². The summed E-state index contributed by atoms with van der Waals surface area (Å²) in [5.41, 5.74) is 3.62. The number of aryl methyl sites for hydroxylation is 1. The van der Waals surface area contributed by atoms with Gasteiger partial charge in [0.2, 0.25) is 15.9 Å². The van der Waals surface area contributed by atoms with Crippen LogP contribution < -0.4 is 4.72 Å². The third-order valence-electron chi connectivity index (χ3n) is 4.81. The molecule has 1 heterocycles. The van der Waals surface area contributed by atoms with Gasteiger partial charge in [0.25, 0.3) is 0 Å². The lowest BCUT2D eigenvalue weighted by Crippen LogP contribution is -2.36. The van der Waals surface area contributed by atoms with Gasteiger partial charge in [0, 0.05) is 17.5 Å². The van der Waals surface area contributed by atoms with Crippen LogP contribution in [0.2, 0.25) is 0 Å². The van der Waals surface area contributed by atoms with Gasteiger partial charge in [-0.1, -0.05) is 57.2 Å². The van der Waals surface area contributed by atoms with E-state index in [4.69, 9.17) is 0 Å². The molecule has 1 N–H and O–H groups in total. The molecule has 1 aliphatic heterocycles. The highest BCUT2D eigenvalue weighted by Gasteiger charge is 2.38. The maximum atomic E-state index is 13.1. The Labute approximate surface area is 172 Å². The second-order valence-electron chi connectivity index (χ2n) is 8.48. The molecule has 1 aliphatic rings. The van der Waals surface area contributed by atoms with Gasteiger partial charge in [-0.05, 0) is 35.7 Å². The van der Waals surface area contributed by atoms with Gasteiger partial charge in [-0.3, -0.25) is 9.52 Å². The molecule has 154 valence electrons. The van der Waals surface area contributed by atoms with Gasteiger partial charge in [-0.25, -0.2) is 13.4 Å². The highest BCUT2D eigenvalue weighted by molar-refractivity contribution is 7.92. The van der Waals surface area contributed by atoms with E-state index in [-0.39, 0.29) is 11.9 Å². The van der Waals surface area contributed by atoms with E-state index in [9.17, 15) is 13.2 Å². The molecule has 2 aromatic rings. The van der Waals surface area contributed by atoms with Crippen molar-refractivity contribution in [1.82, 2.24) is 5.01 Å². The number of benzene rings is 2. The van der Waals surface area contributed by atoms with Crippen LogP contribution >= 0.6 is 0 Å². The number of hydrogen-bond donors (Lipinski definition) is 1. The van der Waals surface area contributed by atoms with Crippen molar-refractivity contribution >= 4 is 27.3 Å². The van der Waals surface area contributed by atoms with Crippen molar-refractivity contribution in [3.8, 4) is 0 Å². The fourth-order valence-corrected chi connectivity index (χ4v) is 3.95. The van der Waals surface area contributed by atoms with Crippen LogP contribution in [0.3, 0.4) is 0 Å². The molecule has 1 atom stereocenters. The normalized spacial score (nSPS) is 17.2. The summed E-state index contributed by atoms with van der Waals surface area (Å²) in [6.45, 7) is 7.68. The van der Waals surface area contributed by atoms with Crippen LogP contribution in [0, 0.1) is 12.3 Å². The number of amides is 1. The van der Waals surface area contributed by atoms with Crippen LogP contribution in [0.1, 0.15) is 49.9 Å². The number of carbonyl (C=O) groups excluding carboxylic acids is 1. The van der Waals surface area contributed by atoms with Gasteiger partial charge in [0.05, 0.1) is 18.0 Å². The number of sulfonamides is 1. The summed E-state index contributed by atoms with van der Waals surface area (Å²) in [5.74, 6) is -0.0498. The maximum Gasteiger partial charge on any atom is 0.248 e. The topological polar surface area (TPSA) is 78.8 Å². The average Bonchev–Trinajstić information content (AvgIpc) is 3.04. The first-order valence-corrected chi connectivity index (χ1v) is 11.4. The first kappa shape index (κ1) is 21.0. The lowest BCUT2D eigenvalue weighted by molar-refractivity contribution is -0.141. The van der Waals surface area contributed by atoms with Crippen LogP contribution in [-0.4, -0.2) is 31.3 Å². The molecule has 0 bridgehead atoms. The van der Waals surface area contributed by atoms with E-state index < -0.39 is 15.4 Å². The first-order chi connectivity index (χ1) is 13.5. The van der Waals surface area contributed by atoms with E-state index in [0.29, 0.717) is 12.1 Å². The van der Waals surface area contributed by atoms with Crippen LogP contribution in [0.15, 0.2) is 53.6 Å². The van der Waals surface area contributed by atoms with E-state index in [2.05, 4.69) is 9.82 Å². The molecule has 7 heteroatoms. The Bertz CT molecular complexity index is 1070. The van der Waals surface area contributed by atoms with E-state index in [1.54, 1.807) is 23.2 Å². The molecule has 0 fully saturated rings. The number of anilines is 1. The van der Waals surface area contributed by atoms with Crippen LogP contribution in [0.4, 0.5) is 5.69 Å². The highest BCUT2D eigenvalue weighted by atomic mass is 32.2. The summed E-state index contributed by atoms with van der Waals surface area (Å²) in [6, 6.07) is 14.9. The molecule has 0 radical (unpaired) electrons. The van der Waals surface area contributed by atoms with E-state index in [1.807, 2.05) is 58.0 Å². The number of hydrogen-bond acceptors (Lipinski definition) is 4. The molecule has 1 amide bonds. The maximum absolute atomic E-state index is 13.1. The standard InChI is InChI=1S/C22H27N3O3S/c1-15-9-6-7-12-18(15)20-14-19(23-25(20)21(26)22(2,3)4)16-10-8-11-17(13-16)24-29(5,27)28/h6-13,20,24H,14H2,1-5H3/t20-/m0/s1. The molecule has 6 nitrogen and oxygen atoms in total. The van der Waals surface area contributed by atoms with Gasteiger partial charge in [0.15, 0.2) is 0 Å². The Morgan fingerprint density at radius 2 is 1.83 bits per heavy atom. The summed E-state index contributed by atoms with van der Waals surface area (Å²) < 4.78 is 25.6. The summed E-state index contributed by atoms with van der Waals surface area (Å²) >= 11 is 0. The van der Waals surface area contributed by atoms with Crippen molar-refractivity contribution in [2.45, 2.75) is 40.2 Å². The summed E-state index contributed by atoms with van der Waals surface area (Å²) in [7, 11) is -3.37. The minimum Gasteiger partial charge on any atom is -0.284 e. The molecule has 3 rings (SSSR count). The van der Waals surface area contributed by atoms with Gasteiger partial charge in [-0.15, -0.1) is 0 Å². The molecule has 29 heavy (non-hydrogen) atoms. The lowest BCUT2D eigenvalue weighted by Gasteiger charge is -2.29. The van der Waals surface area contributed by atoms with Crippen LogP contribution in [0.25, 0.3) is 0 Å². The molecule has 0 aromatic heterocycles. The smallest absolute Gasteiger partial charge is 0.248 e. The summed E-state index contributed by atoms with van der Waals surface area (Å²) in [4.78, 5) is 13.1. The third-order valence-corrected chi connectivity index (χ3v) is 5.41. The Balaban J connectivity index is 2.02. The number of carbonyl (C=O) groups is 1. The molecule has 0 aliphatic carbocycles. The quantitative estimate of drug-likeness (QED) is 0.820. The van der Waals surface area contributed by atoms with Gasteiger partial charge >= 0.3 is 0 Å². The molecular weight excluding hydrogens is 386 g/mol.